The van der Waals surface area contributed by atoms with Crippen LogP contribution in [0.15, 0.2) is 66.5 Å². The summed E-state index contributed by atoms with van der Waals surface area (Å²) in [5, 5.41) is 42.1. The van der Waals surface area contributed by atoms with Crippen molar-refractivity contribution in [2.45, 2.75) is 62.7 Å². The first-order chi connectivity index (χ1) is 22.4. The van der Waals surface area contributed by atoms with Crippen molar-refractivity contribution in [3.05, 3.63) is 72.6 Å². The van der Waals surface area contributed by atoms with Crippen molar-refractivity contribution in [3.8, 4) is 11.5 Å². The summed E-state index contributed by atoms with van der Waals surface area (Å²) in [4.78, 5) is 17.8. The Bertz CT molecular complexity index is 1450. The van der Waals surface area contributed by atoms with Crippen LogP contribution in [0.1, 0.15) is 73.0 Å². The summed E-state index contributed by atoms with van der Waals surface area (Å²) < 4.78 is 21.1. The molecule has 1 aliphatic heterocycles. The molecule has 1 fully saturated rings. The number of fused-ring (bicyclic) bond motifs is 2. The van der Waals surface area contributed by atoms with Crippen LogP contribution >= 0.6 is 0 Å². The van der Waals surface area contributed by atoms with Gasteiger partial charge in [0.15, 0.2) is 5.69 Å². The van der Waals surface area contributed by atoms with Gasteiger partial charge >= 0.3 is 5.97 Å². The Labute approximate surface area is 269 Å². The average molecular weight is 637 g/mol. The fourth-order valence-corrected chi connectivity index (χ4v) is 7.56. The molecule has 46 heavy (non-hydrogen) atoms. The summed E-state index contributed by atoms with van der Waals surface area (Å²) in [7, 11) is 1.49. The lowest BCUT2D eigenvalue weighted by molar-refractivity contribution is -0.252. The molecule has 2 aliphatic carbocycles. The molecular formula is C34H44N4O8. The lowest BCUT2D eigenvalue weighted by Crippen LogP contribution is -2.63. The van der Waals surface area contributed by atoms with E-state index in [-0.39, 0.29) is 49.7 Å². The summed E-state index contributed by atoms with van der Waals surface area (Å²) in [6.07, 6.45) is 11.7. The fourth-order valence-electron chi connectivity index (χ4n) is 7.56. The molecule has 0 saturated heterocycles. The zero-order valence-electron chi connectivity index (χ0n) is 26.3. The van der Waals surface area contributed by atoms with Gasteiger partial charge in [-0.1, -0.05) is 48.0 Å². The average Bonchev–Trinajstić information content (AvgIpc) is 3.55. The highest BCUT2D eigenvalue weighted by atomic mass is 16.7. The number of rotatable bonds is 17. The second-order valence-electron chi connectivity index (χ2n) is 11.9. The maximum absolute atomic E-state index is 12.4. The van der Waals surface area contributed by atoms with E-state index in [2.05, 4.69) is 34.7 Å². The Balaban J connectivity index is 1.79. The number of ether oxygens (including phenoxy) is 3. The third-order valence-electron chi connectivity index (χ3n) is 9.30. The van der Waals surface area contributed by atoms with Crippen molar-refractivity contribution in [1.29, 1.82) is 0 Å². The van der Waals surface area contributed by atoms with Crippen molar-refractivity contribution >= 4 is 11.7 Å². The van der Waals surface area contributed by atoms with Gasteiger partial charge in [0.1, 0.15) is 31.3 Å². The lowest BCUT2D eigenvalue weighted by atomic mass is 9.55. The van der Waals surface area contributed by atoms with Crippen molar-refractivity contribution in [2.75, 3.05) is 33.5 Å². The number of nitrogens with zero attached hydrogens (tertiary/aromatic N) is 4. The first-order valence-corrected chi connectivity index (χ1v) is 15.9. The number of aliphatic hydroxyl groups is 2. The molecule has 1 aromatic heterocycles. The van der Waals surface area contributed by atoms with Gasteiger partial charge < -0.3 is 34.4 Å². The van der Waals surface area contributed by atoms with E-state index in [0.29, 0.717) is 36.7 Å². The van der Waals surface area contributed by atoms with Crippen LogP contribution in [0.4, 0.5) is 0 Å². The summed E-state index contributed by atoms with van der Waals surface area (Å²) in [6, 6.07) is 4.95. The summed E-state index contributed by atoms with van der Waals surface area (Å²) in [5.74, 6) is -1.76. The summed E-state index contributed by atoms with van der Waals surface area (Å²) >= 11 is 0. The number of oxime groups is 1. The molecule has 0 spiro atoms. The van der Waals surface area contributed by atoms with Crippen molar-refractivity contribution in [3.63, 3.8) is 0 Å². The number of carboxylic acid groups (broad SMARTS) is 1. The van der Waals surface area contributed by atoms with Crippen LogP contribution in [-0.2, 0) is 9.57 Å². The number of unbranched alkanes of at least 4 members (excludes halogenated alkanes) is 2. The first-order valence-electron chi connectivity index (χ1n) is 15.9. The predicted molar refractivity (Wildman–Crippen MR) is 170 cm³/mol. The molecule has 6 atom stereocenters. The number of carboxylic acids is 1. The van der Waals surface area contributed by atoms with E-state index in [9.17, 15) is 20.1 Å². The Morgan fingerprint density at radius 2 is 1.91 bits per heavy atom. The number of aliphatic hydroxyl groups excluding tert-OH is 2. The SMILES string of the molecule is C=CCOc1ccc2c(c1)C1C(CCCCO)C(CCCCO)C=C3C(=NOC)CC(n4nncc4C(=O)O)C(OCC=C)(O2)C31. The van der Waals surface area contributed by atoms with Gasteiger partial charge in [0.2, 0.25) is 5.79 Å². The van der Waals surface area contributed by atoms with E-state index in [1.54, 1.807) is 12.2 Å². The number of carbonyl (C=O) groups is 1. The number of hydrogen-bond acceptors (Lipinski definition) is 10. The van der Waals surface area contributed by atoms with Gasteiger partial charge in [0.05, 0.1) is 24.4 Å². The topological polar surface area (TPSA) is 158 Å². The molecule has 5 rings (SSSR count). The van der Waals surface area contributed by atoms with Crippen molar-refractivity contribution in [1.82, 2.24) is 15.0 Å². The molecule has 0 bridgehead atoms. The largest absolute Gasteiger partial charge is 0.490 e. The quantitative estimate of drug-likeness (QED) is 0.127. The van der Waals surface area contributed by atoms with Crippen molar-refractivity contribution in [2.24, 2.45) is 22.9 Å². The minimum atomic E-state index is -1.42. The molecule has 0 amide bonds. The van der Waals surface area contributed by atoms with Gasteiger partial charge in [0, 0.05) is 31.1 Å². The van der Waals surface area contributed by atoms with Gasteiger partial charge in [-0.05, 0) is 61.3 Å². The van der Waals surface area contributed by atoms with Crippen LogP contribution in [0.2, 0.25) is 0 Å². The monoisotopic (exact) mass is 636 g/mol. The molecule has 12 heteroatoms. The first kappa shape index (κ1) is 33.4. The second kappa shape index (κ2) is 15.1. The third kappa shape index (κ3) is 6.33. The molecule has 248 valence electrons. The maximum Gasteiger partial charge on any atom is 0.355 e. The smallest absolute Gasteiger partial charge is 0.355 e. The number of benzene rings is 1. The molecule has 3 N–H and O–H groups in total. The molecule has 2 aromatic rings. The van der Waals surface area contributed by atoms with Crippen LogP contribution in [0.25, 0.3) is 0 Å². The van der Waals surface area contributed by atoms with Gasteiger partial charge in [-0.25, -0.2) is 9.48 Å². The summed E-state index contributed by atoms with van der Waals surface area (Å²) in [6.45, 7) is 8.36. The minimum Gasteiger partial charge on any atom is -0.490 e. The maximum atomic E-state index is 12.4. The second-order valence-corrected chi connectivity index (χ2v) is 11.9. The van der Waals surface area contributed by atoms with Gasteiger partial charge in [-0.15, -0.1) is 11.7 Å². The molecule has 1 aromatic carbocycles. The van der Waals surface area contributed by atoms with E-state index in [1.807, 2.05) is 18.2 Å². The predicted octanol–water partition coefficient (Wildman–Crippen LogP) is 4.68. The Morgan fingerprint density at radius 3 is 2.61 bits per heavy atom. The van der Waals surface area contributed by atoms with Crippen LogP contribution in [0.5, 0.6) is 11.5 Å². The van der Waals surface area contributed by atoms with Crippen LogP contribution in [0, 0.1) is 17.8 Å². The Morgan fingerprint density at radius 1 is 1.15 bits per heavy atom. The number of aromatic carboxylic acids is 1. The highest BCUT2D eigenvalue weighted by molar-refractivity contribution is 6.02. The van der Waals surface area contributed by atoms with Gasteiger partial charge in [0.25, 0.3) is 0 Å². The molecule has 2 heterocycles. The zero-order chi connectivity index (χ0) is 32.7. The minimum absolute atomic E-state index is 0.0836. The highest BCUT2D eigenvalue weighted by Gasteiger charge is 2.65. The third-order valence-corrected chi connectivity index (χ3v) is 9.30. The van der Waals surface area contributed by atoms with E-state index in [1.165, 1.54) is 18.0 Å². The summed E-state index contributed by atoms with van der Waals surface area (Å²) in [5.41, 5.74) is 2.41. The van der Waals surface area contributed by atoms with E-state index in [4.69, 9.17) is 19.0 Å². The normalized spacial score (nSPS) is 27.2. The lowest BCUT2D eigenvalue weighted by Gasteiger charge is -2.58. The van der Waals surface area contributed by atoms with Gasteiger partial charge in [-0.3, -0.25) is 0 Å². The molecule has 12 nitrogen and oxygen atoms in total. The van der Waals surface area contributed by atoms with Crippen LogP contribution < -0.4 is 9.47 Å². The standard InChI is InChI=1S/C34H44N4O8/c1-4-16-44-23-12-13-29-26(19-23)31-24(11-7-9-15-40)22(10-6-8-14-39)18-25-27(36-43-3)20-30(38-28(33(41)42)21-35-37-38)34(46-29,32(25)31)45-17-5-2/h4-5,12-13,18-19,21-22,24,30-32,39-40H,1-2,6-11,14-17,20H2,3H3,(H,41,42). The number of allylic oxidation sites excluding steroid dienone is 1. The van der Waals surface area contributed by atoms with E-state index in [0.717, 1.165) is 36.8 Å². The van der Waals surface area contributed by atoms with Crippen LogP contribution in [-0.4, -0.2) is 81.3 Å². The van der Waals surface area contributed by atoms with Gasteiger partial charge in [-0.2, -0.15) is 0 Å². The Hall–Kier alpha value is -4.00. The fraction of sp³-hybridized carbons (Fsp3) is 0.529. The Kier molecular flexibility index (Phi) is 10.9. The highest BCUT2D eigenvalue weighted by Crippen LogP contribution is 2.63. The molecule has 0 radical (unpaired) electrons. The van der Waals surface area contributed by atoms with E-state index >= 15 is 0 Å². The molecular weight excluding hydrogens is 592 g/mol. The van der Waals surface area contributed by atoms with Crippen LogP contribution in [0.3, 0.4) is 0 Å². The molecule has 6 unspecified atom stereocenters. The molecule has 1 saturated carbocycles. The zero-order valence-corrected chi connectivity index (χ0v) is 26.3. The number of hydrogen-bond donors (Lipinski definition) is 3. The number of aromatic nitrogens is 3. The molecule has 3 aliphatic rings. The van der Waals surface area contributed by atoms with E-state index < -0.39 is 23.7 Å². The van der Waals surface area contributed by atoms with Crippen molar-refractivity contribution < 1.29 is 39.2 Å².